The molecular formula is C15H8F6N2S. The van der Waals surface area contributed by atoms with E-state index in [-0.39, 0.29) is 16.9 Å². The van der Waals surface area contributed by atoms with E-state index < -0.39 is 23.5 Å². The zero-order chi connectivity index (χ0) is 17.5. The molecule has 126 valence electrons. The fraction of sp³-hybridized carbons (Fsp3) is 0.133. The SMILES string of the molecule is FC(F)(F)c1cc(Nc2nc3ccccc3s2)cc(C(F)(F)F)c1. The van der Waals surface area contributed by atoms with Gasteiger partial charge in [-0.05, 0) is 30.3 Å². The van der Waals surface area contributed by atoms with E-state index >= 15 is 0 Å². The largest absolute Gasteiger partial charge is 0.416 e. The number of nitrogens with one attached hydrogen (secondary N) is 1. The number of para-hydroxylation sites is 1. The highest BCUT2D eigenvalue weighted by Crippen LogP contribution is 2.38. The van der Waals surface area contributed by atoms with Crippen molar-refractivity contribution < 1.29 is 26.3 Å². The number of hydrogen-bond donors (Lipinski definition) is 1. The van der Waals surface area contributed by atoms with Gasteiger partial charge in [-0.15, -0.1) is 0 Å². The smallest absolute Gasteiger partial charge is 0.331 e. The summed E-state index contributed by atoms with van der Waals surface area (Å²) in [7, 11) is 0. The van der Waals surface area contributed by atoms with Gasteiger partial charge in [-0.3, -0.25) is 0 Å². The van der Waals surface area contributed by atoms with Crippen LogP contribution in [0.4, 0.5) is 37.2 Å². The van der Waals surface area contributed by atoms with E-state index in [1.54, 1.807) is 24.3 Å². The van der Waals surface area contributed by atoms with Crippen LogP contribution in [0.5, 0.6) is 0 Å². The number of halogens is 6. The Bertz CT molecular complexity index is 816. The molecule has 2 nitrogen and oxygen atoms in total. The Morgan fingerprint density at radius 2 is 1.42 bits per heavy atom. The third-order valence-electron chi connectivity index (χ3n) is 3.13. The third-order valence-corrected chi connectivity index (χ3v) is 4.08. The first-order chi connectivity index (χ1) is 11.1. The monoisotopic (exact) mass is 362 g/mol. The van der Waals surface area contributed by atoms with E-state index in [1.165, 1.54) is 0 Å². The third kappa shape index (κ3) is 3.45. The van der Waals surface area contributed by atoms with E-state index in [2.05, 4.69) is 10.3 Å². The molecule has 0 saturated heterocycles. The lowest BCUT2D eigenvalue weighted by molar-refractivity contribution is -0.143. The van der Waals surface area contributed by atoms with Gasteiger partial charge >= 0.3 is 12.4 Å². The average Bonchev–Trinajstić information content (AvgIpc) is 2.87. The Kier molecular flexibility index (Phi) is 3.90. The first-order valence-corrected chi connectivity index (χ1v) is 7.37. The van der Waals surface area contributed by atoms with Crippen molar-refractivity contribution in [2.24, 2.45) is 0 Å². The predicted octanol–water partition coefficient (Wildman–Crippen LogP) is 6.08. The second-order valence-corrected chi connectivity index (χ2v) is 5.94. The summed E-state index contributed by atoms with van der Waals surface area (Å²) in [5.41, 5.74) is -2.47. The van der Waals surface area contributed by atoms with Gasteiger partial charge < -0.3 is 5.32 Å². The van der Waals surface area contributed by atoms with Crippen LogP contribution in [0.2, 0.25) is 0 Å². The van der Waals surface area contributed by atoms with Gasteiger partial charge in [-0.1, -0.05) is 23.5 Å². The maximum atomic E-state index is 12.8. The molecule has 2 aromatic carbocycles. The van der Waals surface area contributed by atoms with E-state index in [1.807, 2.05) is 0 Å². The molecular weight excluding hydrogens is 354 g/mol. The summed E-state index contributed by atoms with van der Waals surface area (Å²) in [6, 6.07) is 8.29. The van der Waals surface area contributed by atoms with Gasteiger partial charge in [0.25, 0.3) is 0 Å². The molecule has 0 atom stereocenters. The molecule has 3 aromatic rings. The second kappa shape index (κ2) is 5.66. The summed E-state index contributed by atoms with van der Waals surface area (Å²) >= 11 is 1.13. The maximum Gasteiger partial charge on any atom is 0.416 e. The number of hydrogen-bond acceptors (Lipinski definition) is 3. The highest BCUT2D eigenvalue weighted by molar-refractivity contribution is 7.22. The van der Waals surface area contributed by atoms with E-state index in [0.29, 0.717) is 17.6 Å². The number of rotatable bonds is 2. The highest BCUT2D eigenvalue weighted by atomic mass is 32.1. The predicted molar refractivity (Wildman–Crippen MR) is 79.3 cm³/mol. The number of benzene rings is 2. The molecule has 1 N–H and O–H groups in total. The van der Waals surface area contributed by atoms with Crippen molar-refractivity contribution in [1.82, 2.24) is 4.98 Å². The number of alkyl halides is 6. The summed E-state index contributed by atoms with van der Waals surface area (Å²) in [5, 5.41) is 2.74. The molecule has 1 heterocycles. The Balaban J connectivity index is 2.03. The summed E-state index contributed by atoms with van der Waals surface area (Å²) in [6.45, 7) is 0. The van der Waals surface area contributed by atoms with Crippen molar-refractivity contribution in [2.45, 2.75) is 12.4 Å². The fourth-order valence-corrected chi connectivity index (χ4v) is 2.96. The van der Waals surface area contributed by atoms with Crippen LogP contribution in [0.15, 0.2) is 42.5 Å². The molecule has 0 aliphatic rings. The van der Waals surface area contributed by atoms with Crippen LogP contribution in [0.3, 0.4) is 0 Å². The lowest BCUT2D eigenvalue weighted by atomic mass is 10.1. The van der Waals surface area contributed by atoms with Crippen LogP contribution >= 0.6 is 11.3 Å². The van der Waals surface area contributed by atoms with E-state index in [9.17, 15) is 26.3 Å². The van der Waals surface area contributed by atoms with Gasteiger partial charge in [0.15, 0.2) is 5.13 Å². The van der Waals surface area contributed by atoms with Crippen LogP contribution in [0, 0.1) is 0 Å². The summed E-state index contributed by atoms with van der Waals surface area (Å²) in [5.74, 6) is 0. The topological polar surface area (TPSA) is 24.9 Å². The minimum Gasteiger partial charge on any atom is -0.331 e. The standard InChI is InChI=1S/C15H8F6N2S/c16-14(17,18)8-5-9(15(19,20)21)7-10(6-8)22-13-23-11-3-1-2-4-12(11)24-13/h1-7H,(H,22,23). The number of aromatic nitrogens is 1. The van der Waals surface area contributed by atoms with Gasteiger partial charge in [-0.2, -0.15) is 26.3 Å². The van der Waals surface area contributed by atoms with Crippen molar-refractivity contribution in [2.75, 3.05) is 5.32 Å². The Labute approximate surface area is 135 Å². The van der Waals surface area contributed by atoms with Crippen LogP contribution in [0.1, 0.15) is 11.1 Å². The molecule has 0 unspecified atom stereocenters. The minimum absolute atomic E-state index is 0.0868. The number of thiazole rings is 1. The first kappa shape index (κ1) is 16.6. The summed E-state index contributed by atoms with van der Waals surface area (Å²) < 4.78 is 77.8. The molecule has 0 aliphatic heterocycles. The Hall–Kier alpha value is -2.29. The van der Waals surface area contributed by atoms with Crippen molar-refractivity contribution in [3.63, 3.8) is 0 Å². The zero-order valence-electron chi connectivity index (χ0n) is 11.7. The van der Waals surface area contributed by atoms with Crippen molar-refractivity contribution in [3.8, 4) is 0 Å². The zero-order valence-corrected chi connectivity index (χ0v) is 12.5. The van der Waals surface area contributed by atoms with Gasteiger partial charge in [-0.25, -0.2) is 4.98 Å². The van der Waals surface area contributed by atoms with Crippen LogP contribution in [-0.4, -0.2) is 4.98 Å². The quantitative estimate of drug-likeness (QED) is 0.559. The van der Waals surface area contributed by atoms with Crippen LogP contribution in [-0.2, 0) is 12.4 Å². The molecule has 24 heavy (non-hydrogen) atoms. The van der Waals surface area contributed by atoms with E-state index in [4.69, 9.17) is 0 Å². The molecule has 0 radical (unpaired) electrons. The average molecular weight is 362 g/mol. The van der Waals surface area contributed by atoms with Crippen molar-refractivity contribution in [3.05, 3.63) is 53.6 Å². The Morgan fingerprint density at radius 3 is 1.96 bits per heavy atom. The molecule has 9 heteroatoms. The van der Waals surface area contributed by atoms with Gasteiger partial charge in [0, 0.05) is 5.69 Å². The van der Waals surface area contributed by atoms with Crippen molar-refractivity contribution >= 4 is 32.4 Å². The van der Waals surface area contributed by atoms with Crippen molar-refractivity contribution in [1.29, 1.82) is 0 Å². The molecule has 0 aliphatic carbocycles. The van der Waals surface area contributed by atoms with Crippen LogP contribution < -0.4 is 5.32 Å². The lowest BCUT2D eigenvalue weighted by Gasteiger charge is -2.14. The van der Waals surface area contributed by atoms with Gasteiger partial charge in [0.05, 0.1) is 21.3 Å². The molecule has 1 aromatic heterocycles. The normalized spacial score (nSPS) is 12.6. The summed E-state index contributed by atoms with van der Waals surface area (Å²) in [6.07, 6.45) is -9.77. The number of fused-ring (bicyclic) bond motifs is 1. The molecule has 0 fully saturated rings. The fourth-order valence-electron chi connectivity index (χ4n) is 2.08. The second-order valence-electron chi connectivity index (χ2n) is 4.91. The first-order valence-electron chi connectivity index (χ1n) is 6.55. The number of anilines is 2. The van der Waals surface area contributed by atoms with Gasteiger partial charge in [0.1, 0.15) is 0 Å². The maximum absolute atomic E-state index is 12.8. The van der Waals surface area contributed by atoms with Gasteiger partial charge in [0.2, 0.25) is 0 Å². The molecule has 0 bridgehead atoms. The van der Waals surface area contributed by atoms with E-state index in [0.717, 1.165) is 16.0 Å². The molecule has 0 spiro atoms. The molecule has 0 amide bonds. The summed E-state index contributed by atoms with van der Waals surface area (Å²) in [4.78, 5) is 4.14. The van der Waals surface area contributed by atoms with Crippen LogP contribution in [0.25, 0.3) is 10.2 Å². The minimum atomic E-state index is -4.88. The lowest BCUT2D eigenvalue weighted by Crippen LogP contribution is -2.11. The molecule has 0 saturated carbocycles. The number of nitrogens with zero attached hydrogens (tertiary/aromatic N) is 1. The Morgan fingerprint density at radius 1 is 0.833 bits per heavy atom. The highest BCUT2D eigenvalue weighted by Gasteiger charge is 2.37. The molecule has 3 rings (SSSR count).